The number of amides is 1. The van der Waals surface area contributed by atoms with Gasteiger partial charge < -0.3 is 19.5 Å². The minimum Gasteiger partial charge on any atom is -0.486 e. The van der Waals surface area contributed by atoms with Crippen LogP contribution in [-0.2, 0) is 9.53 Å². The molecule has 1 amide bonds. The highest BCUT2D eigenvalue weighted by atomic mass is 79.9. The molecule has 0 saturated carbocycles. The van der Waals surface area contributed by atoms with Crippen LogP contribution in [-0.4, -0.2) is 50.3 Å². The molecule has 2 aliphatic rings. The van der Waals surface area contributed by atoms with E-state index >= 15 is 0 Å². The number of benzene rings is 2. The summed E-state index contributed by atoms with van der Waals surface area (Å²) in [6.07, 6.45) is -0.0584. The van der Waals surface area contributed by atoms with Crippen LogP contribution >= 0.6 is 27.5 Å². The van der Waals surface area contributed by atoms with Gasteiger partial charge in [0.25, 0.3) is 0 Å². The molecule has 2 aromatic carbocycles. The zero-order valence-corrected chi connectivity index (χ0v) is 17.5. The van der Waals surface area contributed by atoms with Gasteiger partial charge in [0.15, 0.2) is 11.5 Å². The molecule has 1 atom stereocenters. The lowest BCUT2D eigenvalue weighted by Gasteiger charge is -2.32. The third kappa shape index (κ3) is 4.60. The highest BCUT2D eigenvalue weighted by molar-refractivity contribution is 9.10. The van der Waals surface area contributed by atoms with Crippen molar-refractivity contribution in [3.05, 3.63) is 51.5 Å². The molecule has 1 saturated heterocycles. The van der Waals surface area contributed by atoms with Gasteiger partial charge in [-0.2, -0.15) is 0 Å². The van der Waals surface area contributed by atoms with Gasteiger partial charge in [0.05, 0.1) is 30.0 Å². The molecule has 0 bridgehead atoms. The van der Waals surface area contributed by atoms with Gasteiger partial charge in [-0.15, -0.1) is 0 Å². The SMILES string of the molecule is O=C(CN1CCOC(c2cccc(Br)c2)C1)Nc1cc2c(cc1Cl)OCCO2. The van der Waals surface area contributed by atoms with Crippen molar-refractivity contribution >= 4 is 39.1 Å². The fraction of sp³-hybridized carbons (Fsp3) is 0.350. The molecule has 0 spiro atoms. The summed E-state index contributed by atoms with van der Waals surface area (Å²) in [6.45, 7) is 3.16. The summed E-state index contributed by atoms with van der Waals surface area (Å²) in [5.74, 6) is 1.06. The highest BCUT2D eigenvalue weighted by Crippen LogP contribution is 2.38. The molecule has 1 N–H and O–H groups in total. The third-order valence-corrected chi connectivity index (χ3v) is 5.45. The Labute approximate surface area is 176 Å². The topological polar surface area (TPSA) is 60.0 Å². The van der Waals surface area contributed by atoms with Gasteiger partial charge in [-0.25, -0.2) is 0 Å². The Hall–Kier alpha value is -1.80. The predicted molar refractivity (Wildman–Crippen MR) is 110 cm³/mol. The van der Waals surface area contributed by atoms with Crippen molar-refractivity contribution in [2.24, 2.45) is 0 Å². The Morgan fingerprint density at radius 3 is 2.75 bits per heavy atom. The average Bonchev–Trinajstić information content (AvgIpc) is 2.69. The summed E-state index contributed by atoms with van der Waals surface area (Å²) in [5, 5.41) is 3.30. The van der Waals surface area contributed by atoms with E-state index in [4.69, 9.17) is 25.8 Å². The minimum absolute atomic E-state index is 0.0584. The molecule has 148 valence electrons. The largest absolute Gasteiger partial charge is 0.486 e. The first-order valence-corrected chi connectivity index (χ1v) is 10.2. The lowest BCUT2D eigenvalue weighted by atomic mass is 10.1. The number of halogens is 2. The van der Waals surface area contributed by atoms with E-state index in [0.29, 0.717) is 55.1 Å². The van der Waals surface area contributed by atoms with Gasteiger partial charge in [-0.05, 0) is 17.7 Å². The molecule has 8 heteroatoms. The van der Waals surface area contributed by atoms with Crippen molar-refractivity contribution in [2.75, 3.05) is 44.8 Å². The molecule has 6 nitrogen and oxygen atoms in total. The van der Waals surface area contributed by atoms with Crippen molar-refractivity contribution in [3.63, 3.8) is 0 Å². The Morgan fingerprint density at radius 2 is 1.96 bits per heavy atom. The van der Waals surface area contributed by atoms with Crippen LogP contribution in [0.5, 0.6) is 11.5 Å². The van der Waals surface area contributed by atoms with Crippen molar-refractivity contribution in [3.8, 4) is 11.5 Å². The van der Waals surface area contributed by atoms with Crippen LogP contribution in [0.3, 0.4) is 0 Å². The molecule has 2 aliphatic heterocycles. The summed E-state index contributed by atoms with van der Waals surface area (Å²) in [6, 6.07) is 11.4. The molecule has 0 aliphatic carbocycles. The monoisotopic (exact) mass is 466 g/mol. The van der Waals surface area contributed by atoms with Crippen LogP contribution in [0.4, 0.5) is 5.69 Å². The molecular weight excluding hydrogens is 448 g/mol. The first kappa shape index (κ1) is 19.5. The summed E-state index contributed by atoms with van der Waals surface area (Å²) in [4.78, 5) is 14.6. The maximum Gasteiger partial charge on any atom is 0.238 e. The number of carbonyl (C=O) groups excluding carboxylic acids is 1. The minimum atomic E-state index is -0.131. The van der Waals surface area contributed by atoms with E-state index in [0.717, 1.165) is 10.0 Å². The number of nitrogens with one attached hydrogen (secondary N) is 1. The lowest BCUT2D eigenvalue weighted by molar-refractivity contribution is -0.119. The molecule has 2 heterocycles. The molecule has 1 unspecified atom stereocenters. The van der Waals surface area contributed by atoms with Crippen LogP contribution in [0.15, 0.2) is 40.9 Å². The number of morpholine rings is 1. The first-order valence-electron chi connectivity index (χ1n) is 9.07. The number of fused-ring (bicyclic) bond motifs is 1. The van der Waals surface area contributed by atoms with E-state index < -0.39 is 0 Å². The standard InChI is InChI=1S/C20H20BrClN2O4/c21-14-3-1-2-13(8-14)19-11-24(4-5-26-19)12-20(25)23-16-10-18-17(9-15(16)22)27-6-7-28-18/h1-3,8-10,19H,4-7,11-12H2,(H,23,25). The van der Waals surface area contributed by atoms with Gasteiger partial charge in [0, 0.05) is 29.7 Å². The number of rotatable bonds is 4. The second-order valence-corrected chi connectivity index (χ2v) is 8.00. The number of anilines is 1. The molecule has 1 fully saturated rings. The number of ether oxygens (including phenoxy) is 3. The third-order valence-electron chi connectivity index (χ3n) is 4.64. The quantitative estimate of drug-likeness (QED) is 0.739. The normalized spacial score (nSPS) is 19.3. The molecular formula is C20H20BrClN2O4. The van der Waals surface area contributed by atoms with Crippen molar-refractivity contribution in [1.29, 1.82) is 0 Å². The van der Waals surface area contributed by atoms with Crippen LogP contribution in [0.1, 0.15) is 11.7 Å². The Bertz CT molecular complexity index is 879. The lowest BCUT2D eigenvalue weighted by Crippen LogP contribution is -2.42. The van der Waals surface area contributed by atoms with E-state index in [1.54, 1.807) is 12.1 Å². The summed E-state index contributed by atoms with van der Waals surface area (Å²) in [7, 11) is 0. The van der Waals surface area contributed by atoms with Crippen LogP contribution < -0.4 is 14.8 Å². The van der Waals surface area contributed by atoms with Crippen LogP contribution in [0.25, 0.3) is 0 Å². The zero-order chi connectivity index (χ0) is 19.5. The maximum absolute atomic E-state index is 12.6. The van der Waals surface area contributed by atoms with Gasteiger partial charge in [0.2, 0.25) is 5.91 Å². The van der Waals surface area contributed by atoms with E-state index in [2.05, 4.69) is 26.1 Å². The predicted octanol–water partition coefficient (Wildman–Crippen LogP) is 3.89. The second kappa shape index (κ2) is 8.69. The van der Waals surface area contributed by atoms with Gasteiger partial charge >= 0.3 is 0 Å². The molecule has 0 radical (unpaired) electrons. The fourth-order valence-corrected chi connectivity index (χ4v) is 3.93. The number of hydrogen-bond acceptors (Lipinski definition) is 5. The van der Waals surface area contributed by atoms with Gasteiger partial charge in [-0.3, -0.25) is 9.69 Å². The molecule has 0 aromatic heterocycles. The number of carbonyl (C=O) groups is 1. The molecule has 28 heavy (non-hydrogen) atoms. The van der Waals surface area contributed by atoms with E-state index in [1.165, 1.54) is 0 Å². The Balaban J connectivity index is 1.38. The molecule has 2 aromatic rings. The summed E-state index contributed by atoms with van der Waals surface area (Å²) >= 11 is 9.77. The van der Waals surface area contributed by atoms with E-state index in [-0.39, 0.29) is 18.6 Å². The van der Waals surface area contributed by atoms with Crippen LogP contribution in [0.2, 0.25) is 5.02 Å². The van der Waals surface area contributed by atoms with Crippen LogP contribution in [0, 0.1) is 0 Å². The van der Waals surface area contributed by atoms with Crippen molar-refractivity contribution in [2.45, 2.75) is 6.10 Å². The van der Waals surface area contributed by atoms with Gasteiger partial charge in [-0.1, -0.05) is 39.7 Å². The number of hydrogen-bond donors (Lipinski definition) is 1. The highest BCUT2D eigenvalue weighted by Gasteiger charge is 2.24. The van der Waals surface area contributed by atoms with Crippen molar-refractivity contribution < 1.29 is 19.0 Å². The summed E-state index contributed by atoms with van der Waals surface area (Å²) in [5.41, 5.74) is 1.61. The summed E-state index contributed by atoms with van der Waals surface area (Å²) < 4.78 is 18.0. The second-order valence-electron chi connectivity index (χ2n) is 6.67. The van der Waals surface area contributed by atoms with Crippen molar-refractivity contribution in [1.82, 2.24) is 4.90 Å². The van der Waals surface area contributed by atoms with E-state index in [9.17, 15) is 4.79 Å². The van der Waals surface area contributed by atoms with E-state index in [1.807, 2.05) is 24.3 Å². The maximum atomic E-state index is 12.6. The zero-order valence-electron chi connectivity index (χ0n) is 15.1. The smallest absolute Gasteiger partial charge is 0.238 e. The average molecular weight is 468 g/mol. The Kier molecular flexibility index (Phi) is 6.06. The molecule has 4 rings (SSSR count). The number of nitrogens with zero attached hydrogens (tertiary/aromatic N) is 1. The fourth-order valence-electron chi connectivity index (χ4n) is 3.31. The first-order chi connectivity index (χ1) is 13.6. The Morgan fingerprint density at radius 1 is 1.18 bits per heavy atom. The van der Waals surface area contributed by atoms with Gasteiger partial charge in [0.1, 0.15) is 13.2 Å².